The number of hydrogen-bond donors (Lipinski definition) is 0. The maximum absolute atomic E-state index is 13.8. The van der Waals surface area contributed by atoms with Crippen LogP contribution in [-0.4, -0.2) is 60.8 Å². The third-order valence-corrected chi connectivity index (χ3v) is 6.38. The molecule has 3 heterocycles. The van der Waals surface area contributed by atoms with Gasteiger partial charge in [0.15, 0.2) is 11.9 Å². The quantitative estimate of drug-likeness (QED) is 0.454. The average Bonchev–Trinajstić information content (AvgIpc) is 3.36. The zero-order valence-corrected chi connectivity index (χ0v) is 18.9. The van der Waals surface area contributed by atoms with Gasteiger partial charge < -0.3 is 23.8 Å². The van der Waals surface area contributed by atoms with Crippen molar-refractivity contribution in [1.82, 2.24) is 10.1 Å². The van der Waals surface area contributed by atoms with Gasteiger partial charge in [-0.05, 0) is 30.3 Å². The molecule has 3 aromatic carbocycles. The van der Waals surface area contributed by atoms with E-state index in [2.05, 4.69) is 5.16 Å². The number of benzene rings is 3. The Morgan fingerprint density at radius 3 is 2.51 bits per heavy atom. The largest absolute Gasteiger partial charge is 0.476 e. The van der Waals surface area contributed by atoms with Crippen molar-refractivity contribution < 1.29 is 23.6 Å². The Morgan fingerprint density at radius 1 is 0.914 bits per heavy atom. The minimum absolute atomic E-state index is 0.124. The highest BCUT2D eigenvalue weighted by molar-refractivity contribution is 6.10. The number of morpholine rings is 1. The molecule has 0 aliphatic carbocycles. The molecule has 2 aliphatic heterocycles. The van der Waals surface area contributed by atoms with Gasteiger partial charge in [0.2, 0.25) is 0 Å². The van der Waals surface area contributed by atoms with Crippen LogP contribution in [0.4, 0.5) is 5.69 Å². The summed E-state index contributed by atoms with van der Waals surface area (Å²) in [5.41, 5.74) is 2.67. The number of carbonyl (C=O) groups is 2. The number of carbonyl (C=O) groups excluding carboxylic acids is 2. The number of rotatable bonds is 3. The fraction of sp³-hybridized carbons (Fsp3) is 0.222. The Bertz CT molecular complexity index is 1390. The van der Waals surface area contributed by atoms with E-state index >= 15 is 0 Å². The zero-order valence-electron chi connectivity index (χ0n) is 18.9. The Balaban J connectivity index is 1.35. The molecule has 1 atom stereocenters. The van der Waals surface area contributed by atoms with Crippen molar-refractivity contribution in [2.24, 2.45) is 0 Å². The average molecular weight is 469 g/mol. The van der Waals surface area contributed by atoms with E-state index in [0.717, 1.165) is 10.9 Å². The molecule has 8 heteroatoms. The molecule has 4 aromatic rings. The van der Waals surface area contributed by atoms with E-state index in [1.54, 1.807) is 34.1 Å². The van der Waals surface area contributed by atoms with Crippen molar-refractivity contribution in [3.8, 4) is 17.1 Å². The number of hydrogen-bond acceptors (Lipinski definition) is 6. The van der Waals surface area contributed by atoms with Crippen molar-refractivity contribution in [1.29, 1.82) is 0 Å². The summed E-state index contributed by atoms with van der Waals surface area (Å²) in [4.78, 5) is 30.4. The van der Waals surface area contributed by atoms with Gasteiger partial charge in [0.05, 0.1) is 30.8 Å². The van der Waals surface area contributed by atoms with E-state index in [1.807, 2.05) is 48.5 Å². The third kappa shape index (κ3) is 3.91. The van der Waals surface area contributed by atoms with Crippen molar-refractivity contribution in [2.45, 2.75) is 6.10 Å². The molecule has 0 spiro atoms. The zero-order chi connectivity index (χ0) is 23.8. The first-order chi connectivity index (χ1) is 17.2. The number of anilines is 1. The topological polar surface area (TPSA) is 85.1 Å². The van der Waals surface area contributed by atoms with E-state index in [1.165, 1.54) is 0 Å². The number of nitrogens with zero attached hydrogens (tertiary/aromatic N) is 3. The van der Waals surface area contributed by atoms with Crippen LogP contribution in [0.15, 0.2) is 77.3 Å². The van der Waals surface area contributed by atoms with Crippen LogP contribution in [0, 0.1) is 0 Å². The van der Waals surface area contributed by atoms with Crippen molar-refractivity contribution in [2.75, 3.05) is 37.7 Å². The van der Waals surface area contributed by atoms with Crippen LogP contribution in [0.3, 0.4) is 0 Å². The van der Waals surface area contributed by atoms with Crippen LogP contribution < -0.4 is 9.64 Å². The first-order valence-electron chi connectivity index (χ1n) is 11.6. The number of para-hydroxylation sites is 2. The summed E-state index contributed by atoms with van der Waals surface area (Å²) in [7, 11) is 0. The standard InChI is InChI=1S/C27H23N3O5/c31-26(19-10-11-21-20(16-19)25(35-28-21)18-6-2-1-3-7-18)30-17-24(27(32)29-12-14-33-15-13-29)34-23-9-5-4-8-22(23)30/h1-11,16,24H,12-15,17H2/t24-/m1/s1. The summed E-state index contributed by atoms with van der Waals surface area (Å²) in [5.74, 6) is 0.761. The monoisotopic (exact) mass is 469 g/mol. The minimum atomic E-state index is -0.786. The van der Waals surface area contributed by atoms with E-state index in [-0.39, 0.29) is 18.4 Å². The van der Waals surface area contributed by atoms with E-state index in [4.69, 9.17) is 14.0 Å². The van der Waals surface area contributed by atoms with Gasteiger partial charge in [-0.2, -0.15) is 0 Å². The Morgan fingerprint density at radius 2 is 1.69 bits per heavy atom. The Kier molecular flexibility index (Phi) is 5.42. The number of aromatic nitrogens is 1. The van der Waals surface area contributed by atoms with Crippen molar-refractivity contribution in [3.63, 3.8) is 0 Å². The van der Waals surface area contributed by atoms with Crippen LogP contribution in [0.1, 0.15) is 10.4 Å². The maximum Gasteiger partial charge on any atom is 0.265 e. The molecule has 0 N–H and O–H groups in total. The van der Waals surface area contributed by atoms with Gasteiger partial charge in [0.1, 0.15) is 11.3 Å². The van der Waals surface area contributed by atoms with Crippen LogP contribution >= 0.6 is 0 Å². The first kappa shape index (κ1) is 21.4. The van der Waals surface area contributed by atoms with Gasteiger partial charge in [-0.1, -0.05) is 47.6 Å². The molecule has 6 rings (SSSR count). The fourth-order valence-electron chi connectivity index (χ4n) is 4.57. The highest BCUT2D eigenvalue weighted by atomic mass is 16.5. The van der Waals surface area contributed by atoms with Crippen molar-refractivity contribution in [3.05, 3.63) is 78.4 Å². The van der Waals surface area contributed by atoms with E-state index in [0.29, 0.717) is 54.6 Å². The number of fused-ring (bicyclic) bond motifs is 2. The molecule has 1 fully saturated rings. The molecule has 0 bridgehead atoms. The smallest absolute Gasteiger partial charge is 0.265 e. The summed E-state index contributed by atoms with van der Waals surface area (Å²) >= 11 is 0. The summed E-state index contributed by atoms with van der Waals surface area (Å²) in [6, 6.07) is 22.3. The lowest BCUT2D eigenvalue weighted by molar-refractivity contribution is -0.142. The Hall–Kier alpha value is -4.17. The predicted molar refractivity (Wildman–Crippen MR) is 129 cm³/mol. The van der Waals surface area contributed by atoms with Gasteiger partial charge in [0.25, 0.3) is 11.8 Å². The lowest BCUT2D eigenvalue weighted by Crippen LogP contribution is -2.54. The maximum atomic E-state index is 13.8. The second-order valence-corrected chi connectivity index (χ2v) is 8.54. The fourth-order valence-corrected chi connectivity index (χ4v) is 4.57. The molecule has 35 heavy (non-hydrogen) atoms. The molecule has 176 valence electrons. The SMILES string of the molecule is O=C([C@H]1CN(C(=O)c2ccc3noc(-c4ccccc4)c3c2)c2ccccc2O1)N1CCOCC1. The molecule has 8 nitrogen and oxygen atoms in total. The van der Waals surface area contributed by atoms with E-state index in [9.17, 15) is 9.59 Å². The Labute approximate surface area is 201 Å². The van der Waals surface area contributed by atoms with Gasteiger partial charge in [0, 0.05) is 24.2 Å². The summed E-state index contributed by atoms with van der Waals surface area (Å²) < 4.78 is 17.0. The molecule has 0 unspecified atom stereocenters. The lowest BCUT2D eigenvalue weighted by Gasteiger charge is -2.37. The second kappa shape index (κ2) is 8.88. The van der Waals surface area contributed by atoms with Gasteiger partial charge in [-0.3, -0.25) is 9.59 Å². The highest BCUT2D eigenvalue weighted by Crippen LogP contribution is 2.35. The van der Waals surface area contributed by atoms with Gasteiger partial charge in [-0.15, -0.1) is 0 Å². The molecule has 2 amide bonds. The third-order valence-electron chi connectivity index (χ3n) is 6.38. The second-order valence-electron chi connectivity index (χ2n) is 8.54. The van der Waals surface area contributed by atoms with Crippen LogP contribution in [0.25, 0.3) is 22.2 Å². The highest BCUT2D eigenvalue weighted by Gasteiger charge is 2.36. The molecular formula is C27H23N3O5. The molecule has 0 radical (unpaired) electrons. The molecule has 1 aromatic heterocycles. The lowest BCUT2D eigenvalue weighted by atomic mass is 10.0. The molecular weight excluding hydrogens is 446 g/mol. The summed E-state index contributed by atoms with van der Waals surface area (Å²) in [5, 5.41) is 4.90. The minimum Gasteiger partial charge on any atom is -0.476 e. The summed E-state index contributed by atoms with van der Waals surface area (Å²) in [6.07, 6.45) is -0.786. The van der Waals surface area contributed by atoms with Crippen LogP contribution in [0.5, 0.6) is 5.75 Å². The molecule has 1 saturated heterocycles. The summed E-state index contributed by atoms with van der Waals surface area (Å²) in [6.45, 7) is 2.15. The van der Waals surface area contributed by atoms with Crippen molar-refractivity contribution >= 4 is 28.4 Å². The number of ether oxygens (including phenoxy) is 2. The molecule has 2 aliphatic rings. The first-order valence-corrected chi connectivity index (χ1v) is 11.6. The molecule has 0 saturated carbocycles. The van der Waals surface area contributed by atoms with Crippen LogP contribution in [0.2, 0.25) is 0 Å². The normalized spacial score (nSPS) is 17.7. The van der Waals surface area contributed by atoms with Gasteiger partial charge in [-0.25, -0.2) is 0 Å². The van der Waals surface area contributed by atoms with Gasteiger partial charge >= 0.3 is 0 Å². The van der Waals surface area contributed by atoms with E-state index < -0.39 is 6.10 Å². The number of amides is 2. The van der Waals surface area contributed by atoms with Crippen LogP contribution in [-0.2, 0) is 9.53 Å². The predicted octanol–water partition coefficient (Wildman–Crippen LogP) is 3.76.